The second-order valence-corrected chi connectivity index (χ2v) is 10.9. The zero-order chi connectivity index (χ0) is 24.8. The molecule has 3 aromatic rings. The molecule has 34 heavy (non-hydrogen) atoms. The number of anilines is 1. The Morgan fingerprint density at radius 3 is 2.12 bits per heavy atom. The van der Waals surface area contributed by atoms with Crippen molar-refractivity contribution < 1.29 is 22.7 Å². The van der Waals surface area contributed by atoms with Gasteiger partial charge in [0.05, 0.1) is 4.21 Å². The van der Waals surface area contributed by atoms with E-state index in [0.29, 0.717) is 0 Å². The van der Waals surface area contributed by atoms with E-state index < -0.39 is 11.8 Å². The van der Waals surface area contributed by atoms with Crippen LogP contribution in [-0.4, -0.2) is 48.0 Å². The number of thioether (sulfide) groups is 1. The van der Waals surface area contributed by atoms with Crippen molar-refractivity contribution in [1.82, 2.24) is 4.31 Å². The molecule has 1 aromatic heterocycles. The number of rotatable bonds is 5. The second-order valence-electron chi connectivity index (χ2n) is 7.72. The van der Waals surface area contributed by atoms with Crippen molar-refractivity contribution in [3.63, 3.8) is 0 Å². The van der Waals surface area contributed by atoms with E-state index in [1.54, 1.807) is 53.2 Å². The highest BCUT2D eigenvalue weighted by atomic mass is 32.2. The number of nitrogens with zero attached hydrogens (tertiary/aromatic N) is 2. The van der Waals surface area contributed by atoms with Gasteiger partial charge in [-0.2, -0.15) is 13.2 Å². The molecular weight excluding hydrogens is 504 g/mol. The van der Waals surface area contributed by atoms with Crippen LogP contribution in [0.15, 0.2) is 75.1 Å². The van der Waals surface area contributed by atoms with Gasteiger partial charge >= 0.3 is 6.18 Å². The van der Waals surface area contributed by atoms with Gasteiger partial charge in [-0.25, -0.2) is 8.70 Å². The van der Waals surface area contributed by atoms with Crippen molar-refractivity contribution in [2.45, 2.75) is 27.8 Å². The van der Waals surface area contributed by atoms with Gasteiger partial charge in [-0.15, -0.1) is 23.1 Å². The number of aliphatic hydroxyl groups is 1. The number of hydrogen-bond acceptors (Lipinski definition) is 6. The Labute approximate surface area is 209 Å². The summed E-state index contributed by atoms with van der Waals surface area (Å²) in [4.78, 5) is 3.12. The first kappa shape index (κ1) is 26.9. The molecule has 1 aliphatic rings. The summed E-state index contributed by atoms with van der Waals surface area (Å²) in [6, 6.07) is 16.7. The number of benzene rings is 2. The van der Waals surface area contributed by atoms with Crippen molar-refractivity contribution >= 4 is 40.7 Å². The predicted molar refractivity (Wildman–Crippen MR) is 134 cm³/mol. The molecule has 4 rings (SSSR count). The summed E-state index contributed by atoms with van der Waals surface area (Å²) < 4.78 is 54.6. The lowest BCUT2D eigenvalue weighted by atomic mass is 9.95. The quantitative estimate of drug-likeness (QED) is 0.220. The maximum atomic E-state index is 12.9. The number of hydrogen-bond donors (Lipinski definition) is 1. The number of halogens is 4. The van der Waals surface area contributed by atoms with E-state index in [1.165, 1.54) is 28.5 Å². The molecule has 2 aromatic carbocycles. The first-order chi connectivity index (χ1) is 16.1. The van der Waals surface area contributed by atoms with E-state index in [4.69, 9.17) is 0 Å². The third-order valence-electron chi connectivity index (χ3n) is 5.33. The second kappa shape index (κ2) is 11.8. The van der Waals surface area contributed by atoms with E-state index in [2.05, 4.69) is 20.7 Å². The largest absolute Gasteiger partial charge is 0.421 e. The highest BCUT2D eigenvalue weighted by Crippen LogP contribution is 2.39. The predicted octanol–water partition coefficient (Wildman–Crippen LogP) is 6.89. The third kappa shape index (κ3) is 7.14. The van der Waals surface area contributed by atoms with Crippen LogP contribution in [0.4, 0.5) is 23.2 Å². The maximum absolute atomic E-state index is 12.9. The molecular formula is C24H26F4N2OS3. The van der Waals surface area contributed by atoms with Crippen LogP contribution in [0.1, 0.15) is 12.5 Å². The minimum atomic E-state index is -4.70. The van der Waals surface area contributed by atoms with Crippen LogP contribution in [0, 0.1) is 5.82 Å². The maximum Gasteiger partial charge on any atom is 0.421 e. The van der Waals surface area contributed by atoms with Gasteiger partial charge in [-0.3, -0.25) is 0 Å². The summed E-state index contributed by atoms with van der Waals surface area (Å²) in [6.45, 7) is 4.17. The fourth-order valence-corrected chi connectivity index (χ4v) is 5.52. The Morgan fingerprint density at radius 2 is 1.62 bits per heavy atom. The van der Waals surface area contributed by atoms with E-state index >= 15 is 0 Å². The van der Waals surface area contributed by atoms with Crippen molar-refractivity contribution in [3.8, 4) is 0 Å². The molecule has 1 atom stereocenters. The minimum Gasteiger partial charge on any atom is -0.376 e. The molecule has 1 fully saturated rings. The van der Waals surface area contributed by atoms with Crippen molar-refractivity contribution in [2.75, 3.05) is 37.3 Å². The number of thiophene rings is 1. The lowest BCUT2D eigenvalue weighted by molar-refractivity contribution is -0.258. The van der Waals surface area contributed by atoms with Crippen LogP contribution in [0.3, 0.4) is 0 Å². The Kier molecular flexibility index (Phi) is 9.34. The fraction of sp³-hybridized carbons (Fsp3) is 0.333. The zero-order valence-electron chi connectivity index (χ0n) is 18.8. The van der Waals surface area contributed by atoms with Crippen LogP contribution >= 0.6 is 35.0 Å². The number of piperazine rings is 1. The first-order valence-corrected chi connectivity index (χ1v) is 13.4. The summed E-state index contributed by atoms with van der Waals surface area (Å²) in [5.74, 6) is -0.165. The van der Waals surface area contributed by atoms with Crippen LogP contribution in [0.25, 0.3) is 0 Å². The van der Waals surface area contributed by atoms with Crippen LogP contribution in [-0.2, 0) is 5.60 Å². The molecule has 2 heterocycles. The lowest BCUT2D eigenvalue weighted by Gasteiger charge is -2.35. The normalized spacial score (nSPS) is 16.5. The Balaban J connectivity index is 0.000000302. The monoisotopic (exact) mass is 530 g/mol. The van der Waals surface area contributed by atoms with Crippen LogP contribution < -0.4 is 4.90 Å². The number of alkyl halides is 3. The average molecular weight is 531 g/mol. The van der Waals surface area contributed by atoms with Crippen LogP contribution in [0.2, 0.25) is 0 Å². The van der Waals surface area contributed by atoms with Gasteiger partial charge in [-0.1, -0.05) is 24.3 Å². The van der Waals surface area contributed by atoms with Gasteiger partial charge in [0.15, 0.2) is 5.60 Å². The molecule has 10 heteroatoms. The molecule has 184 valence electrons. The fourth-order valence-electron chi connectivity index (χ4n) is 3.23. The van der Waals surface area contributed by atoms with E-state index in [-0.39, 0.29) is 11.4 Å². The molecule has 0 saturated carbocycles. The molecule has 0 amide bonds. The zero-order valence-corrected chi connectivity index (χ0v) is 21.2. The molecule has 0 radical (unpaired) electrons. The van der Waals surface area contributed by atoms with Crippen molar-refractivity contribution in [3.05, 3.63) is 77.4 Å². The molecule has 0 bridgehead atoms. The molecule has 0 spiro atoms. The standard InChI is InChI=1S/C17H19F3N2OS2.C7H7FS/c1-16(23,17(18,19)20)13-4-6-14(7-5-13)21-8-10-22(11-9-21)25-15-3-2-12-24-15;1-9-7-4-2-3-6(8)5-7/h2-7,12,23H,8-11H2,1H3;2-5H,1H3. The Morgan fingerprint density at radius 1 is 0.941 bits per heavy atom. The average Bonchev–Trinajstić information content (AvgIpc) is 3.32. The topological polar surface area (TPSA) is 26.7 Å². The Bertz CT molecular complexity index is 1020. The summed E-state index contributed by atoms with van der Waals surface area (Å²) in [5.41, 5.74) is -2.10. The smallest absolute Gasteiger partial charge is 0.376 e. The van der Waals surface area contributed by atoms with Gasteiger partial charge < -0.3 is 10.0 Å². The molecule has 0 aliphatic carbocycles. The van der Waals surface area contributed by atoms with Gasteiger partial charge in [0.25, 0.3) is 0 Å². The Hall–Kier alpha value is -1.72. The molecule has 3 nitrogen and oxygen atoms in total. The SMILES string of the molecule is CC(O)(c1ccc(N2CCN(Sc3cccs3)CC2)cc1)C(F)(F)F.CSc1cccc(F)c1. The van der Waals surface area contributed by atoms with Gasteiger partial charge in [0, 0.05) is 36.8 Å². The molecule has 1 unspecified atom stereocenters. The molecule has 1 saturated heterocycles. The van der Waals surface area contributed by atoms with Crippen molar-refractivity contribution in [2.24, 2.45) is 0 Å². The highest BCUT2D eigenvalue weighted by molar-refractivity contribution is 7.99. The van der Waals surface area contributed by atoms with Gasteiger partial charge in [0.1, 0.15) is 5.82 Å². The summed E-state index contributed by atoms with van der Waals surface area (Å²) in [6.07, 6.45) is -2.77. The summed E-state index contributed by atoms with van der Waals surface area (Å²) in [7, 11) is 0. The summed E-state index contributed by atoms with van der Waals surface area (Å²) >= 11 is 5.00. The van der Waals surface area contributed by atoms with E-state index in [9.17, 15) is 22.7 Å². The lowest BCUT2D eigenvalue weighted by Crippen LogP contribution is -2.43. The minimum absolute atomic E-state index is 0.143. The van der Waals surface area contributed by atoms with Crippen molar-refractivity contribution in [1.29, 1.82) is 0 Å². The summed E-state index contributed by atoms with van der Waals surface area (Å²) in [5, 5.41) is 11.8. The first-order valence-electron chi connectivity index (χ1n) is 10.5. The van der Waals surface area contributed by atoms with E-state index in [1.807, 2.05) is 18.4 Å². The van der Waals surface area contributed by atoms with Crippen LogP contribution in [0.5, 0.6) is 0 Å². The van der Waals surface area contributed by atoms with Gasteiger partial charge in [-0.05, 0) is 72.5 Å². The molecule has 1 aliphatic heterocycles. The molecule has 1 N–H and O–H groups in total. The van der Waals surface area contributed by atoms with Gasteiger partial charge in [0.2, 0.25) is 0 Å². The van der Waals surface area contributed by atoms with E-state index in [0.717, 1.165) is 43.7 Å². The highest BCUT2D eigenvalue weighted by Gasteiger charge is 2.51. The third-order valence-corrected chi connectivity index (χ3v) is 8.17.